The molecule has 1 aliphatic carbocycles. The third-order valence-electron chi connectivity index (χ3n) is 2.93. The molecule has 3 atom stereocenters. The minimum Gasteiger partial charge on any atom is -0.495 e. The largest absolute Gasteiger partial charge is 0.495 e. The Kier molecular flexibility index (Phi) is 2.09. The fourth-order valence-corrected chi connectivity index (χ4v) is 1.98. The molecule has 0 bridgehead atoms. The van der Waals surface area contributed by atoms with Gasteiger partial charge in [0, 0.05) is 6.42 Å². The normalized spacial score (nSPS) is 35.7. The van der Waals surface area contributed by atoms with E-state index in [2.05, 4.69) is 6.92 Å². The highest BCUT2D eigenvalue weighted by Gasteiger charge is 2.43. The molecule has 0 aromatic rings. The summed E-state index contributed by atoms with van der Waals surface area (Å²) in [6.45, 7) is 2.94. The Bertz CT molecular complexity index is 198. The summed E-state index contributed by atoms with van der Waals surface area (Å²) in [4.78, 5) is 0. The van der Waals surface area contributed by atoms with E-state index in [0.717, 1.165) is 24.7 Å². The highest BCUT2D eigenvalue weighted by molar-refractivity contribution is 5.10. The summed E-state index contributed by atoms with van der Waals surface area (Å²) < 4.78 is 5.32. The SMILES string of the molecule is CCC1CC1C(O)C1=CCCO1. The molecule has 0 spiro atoms. The number of ether oxygens (including phenoxy) is 1. The van der Waals surface area contributed by atoms with Crippen LogP contribution in [-0.2, 0) is 4.74 Å². The predicted octanol–water partition coefficient (Wildman–Crippen LogP) is 1.70. The van der Waals surface area contributed by atoms with Crippen LogP contribution >= 0.6 is 0 Å². The second-order valence-corrected chi connectivity index (χ2v) is 3.76. The van der Waals surface area contributed by atoms with Crippen LogP contribution in [0.3, 0.4) is 0 Å². The zero-order valence-electron chi connectivity index (χ0n) is 7.49. The van der Waals surface area contributed by atoms with Crippen molar-refractivity contribution in [1.82, 2.24) is 0 Å². The summed E-state index contributed by atoms with van der Waals surface area (Å²) in [7, 11) is 0. The molecular formula is C10H16O2. The molecule has 1 saturated carbocycles. The first-order chi connectivity index (χ1) is 5.83. The Labute approximate surface area is 73.2 Å². The van der Waals surface area contributed by atoms with E-state index in [-0.39, 0.29) is 6.10 Å². The van der Waals surface area contributed by atoms with Gasteiger partial charge in [-0.15, -0.1) is 0 Å². The smallest absolute Gasteiger partial charge is 0.121 e. The number of rotatable bonds is 3. The average molecular weight is 168 g/mol. The molecule has 2 heteroatoms. The van der Waals surface area contributed by atoms with Crippen LogP contribution in [0, 0.1) is 11.8 Å². The lowest BCUT2D eigenvalue weighted by Gasteiger charge is -2.11. The predicted molar refractivity (Wildman–Crippen MR) is 46.5 cm³/mol. The van der Waals surface area contributed by atoms with Gasteiger partial charge in [0.25, 0.3) is 0 Å². The molecule has 2 aliphatic rings. The third-order valence-corrected chi connectivity index (χ3v) is 2.93. The average Bonchev–Trinajstić information content (AvgIpc) is 2.68. The van der Waals surface area contributed by atoms with Gasteiger partial charge in [-0.2, -0.15) is 0 Å². The Hall–Kier alpha value is -0.500. The fourth-order valence-electron chi connectivity index (χ4n) is 1.98. The molecule has 0 aromatic heterocycles. The highest BCUT2D eigenvalue weighted by Crippen LogP contribution is 2.45. The van der Waals surface area contributed by atoms with Crippen molar-refractivity contribution in [2.75, 3.05) is 6.61 Å². The molecule has 0 saturated heterocycles. The van der Waals surface area contributed by atoms with Gasteiger partial charge in [-0.05, 0) is 24.3 Å². The van der Waals surface area contributed by atoms with Crippen molar-refractivity contribution in [2.45, 2.75) is 32.3 Å². The Morgan fingerprint density at radius 2 is 2.58 bits per heavy atom. The zero-order valence-corrected chi connectivity index (χ0v) is 7.49. The minimum atomic E-state index is -0.308. The van der Waals surface area contributed by atoms with Crippen LogP contribution in [0.15, 0.2) is 11.8 Å². The second-order valence-electron chi connectivity index (χ2n) is 3.76. The van der Waals surface area contributed by atoms with E-state index in [9.17, 15) is 5.11 Å². The van der Waals surface area contributed by atoms with Gasteiger partial charge < -0.3 is 9.84 Å². The summed E-state index contributed by atoms with van der Waals surface area (Å²) >= 11 is 0. The Morgan fingerprint density at radius 3 is 3.08 bits per heavy atom. The first-order valence-corrected chi connectivity index (χ1v) is 4.84. The standard InChI is InChI=1S/C10H16O2/c1-2-7-6-8(7)10(11)9-4-3-5-12-9/h4,7-8,10-11H,2-3,5-6H2,1H3. The molecule has 3 unspecified atom stereocenters. The first kappa shape index (κ1) is 8.11. The van der Waals surface area contributed by atoms with Crippen molar-refractivity contribution in [1.29, 1.82) is 0 Å². The molecule has 0 amide bonds. The van der Waals surface area contributed by atoms with Gasteiger partial charge in [-0.3, -0.25) is 0 Å². The number of hydrogen-bond donors (Lipinski definition) is 1. The Balaban J connectivity index is 1.88. The van der Waals surface area contributed by atoms with E-state index in [1.165, 1.54) is 12.8 Å². The van der Waals surface area contributed by atoms with Crippen LogP contribution in [-0.4, -0.2) is 17.8 Å². The highest BCUT2D eigenvalue weighted by atomic mass is 16.5. The van der Waals surface area contributed by atoms with Crippen LogP contribution in [0.4, 0.5) is 0 Å². The van der Waals surface area contributed by atoms with E-state index in [1.54, 1.807) is 0 Å². The Morgan fingerprint density at radius 1 is 1.75 bits per heavy atom. The van der Waals surface area contributed by atoms with Crippen molar-refractivity contribution in [2.24, 2.45) is 11.8 Å². The molecule has 0 radical (unpaired) electrons. The van der Waals surface area contributed by atoms with Crippen LogP contribution in [0.5, 0.6) is 0 Å². The maximum absolute atomic E-state index is 9.80. The summed E-state index contributed by atoms with van der Waals surface area (Å²) in [5, 5.41) is 9.80. The van der Waals surface area contributed by atoms with Crippen LogP contribution in [0.25, 0.3) is 0 Å². The lowest BCUT2D eigenvalue weighted by Crippen LogP contribution is -2.14. The van der Waals surface area contributed by atoms with Gasteiger partial charge >= 0.3 is 0 Å². The fraction of sp³-hybridized carbons (Fsp3) is 0.800. The molecule has 0 aromatic carbocycles. The van der Waals surface area contributed by atoms with Gasteiger partial charge in [-0.1, -0.05) is 13.3 Å². The van der Waals surface area contributed by atoms with Crippen LogP contribution in [0.2, 0.25) is 0 Å². The van der Waals surface area contributed by atoms with E-state index in [1.807, 2.05) is 6.08 Å². The molecule has 1 N–H and O–H groups in total. The summed E-state index contributed by atoms with van der Waals surface area (Å²) in [5.41, 5.74) is 0. The van der Waals surface area contributed by atoms with E-state index in [4.69, 9.17) is 4.74 Å². The van der Waals surface area contributed by atoms with Gasteiger partial charge in [-0.25, -0.2) is 0 Å². The van der Waals surface area contributed by atoms with Gasteiger partial charge in [0.2, 0.25) is 0 Å². The molecule has 1 aliphatic heterocycles. The van der Waals surface area contributed by atoms with Crippen LogP contribution < -0.4 is 0 Å². The van der Waals surface area contributed by atoms with Crippen molar-refractivity contribution in [3.8, 4) is 0 Å². The monoisotopic (exact) mass is 168 g/mol. The molecule has 1 fully saturated rings. The quantitative estimate of drug-likeness (QED) is 0.695. The summed E-state index contributed by atoms with van der Waals surface area (Å²) in [6, 6.07) is 0. The van der Waals surface area contributed by atoms with E-state index in [0.29, 0.717) is 5.92 Å². The molecule has 2 rings (SSSR count). The molecule has 12 heavy (non-hydrogen) atoms. The van der Waals surface area contributed by atoms with Crippen molar-refractivity contribution < 1.29 is 9.84 Å². The van der Waals surface area contributed by atoms with Gasteiger partial charge in [0.1, 0.15) is 11.9 Å². The maximum atomic E-state index is 9.80. The second kappa shape index (κ2) is 3.09. The molecule has 68 valence electrons. The number of aliphatic hydroxyl groups excluding tert-OH is 1. The first-order valence-electron chi connectivity index (χ1n) is 4.84. The molecule has 1 heterocycles. The lowest BCUT2D eigenvalue weighted by atomic mass is 10.1. The van der Waals surface area contributed by atoms with Crippen molar-refractivity contribution in [3.05, 3.63) is 11.8 Å². The topological polar surface area (TPSA) is 29.5 Å². The number of aliphatic hydroxyl groups is 1. The molecular weight excluding hydrogens is 152 g/mol. The number of hydrogen-bond acceptors (Lipinski definition) is 2. The van der Waals surface area contributed by atoms with Crippen molar-refractivity contribution in [3.63, 3.8) is 0 Å². The third kappa shape index (κ3) is 1.36. The van der Waals surface area contributed by atoms with Crippen LogP contribution in [0.1, 0.15) is 26.2 Å². The van der Waals surface area contributed by atoms with E-state index >= 15 is 0 Å². The van der Waals surface area contributed by atoms with Gasteiger partial charge in [0.15, 0.2) is 0 Å². The summed E-state index contributed by atoms with van der Waals surface area (Å²) in [6.07, 6.45) is 5.05. The molecule has 2 nitrogen and oxygen atoms in total. The lowest BCUT2D eigenvalue weighted by molar-refractivity contribution is 0.0988. The zero-order chi connectivity index (χ0) is 8.55. The summed E-state index contributed by atoms with van der Waals surface area (Å²) in [5.74, 6) is 2.06. The van der Waals surface area contributed by atoms with E-state index < -0.39 is 0 Å². The van der Waals surface area contributed by atoms with Crippen molar-refractivity contribution >= 4 is 0 Å². The van der Waals surface area contributed by atoms with Gasteiger partial charge in [0.05, 0.1) is 6.61 Å². The minimum absolute atomic E-state index is 0.308. The maximum Gasteiger partial charge on any atom is 0.121 e.